The predicted octanol–water partition coefficient (Wildman–Crippen LogP) is 5.01. The Morgan fingerprint density at radius 3 is 2.43 bits per heavy atom. The van der Waals surface area contributed by atoms with Crippen molar-refractivity contribution >= 4 is 29.1 Å². The molecule has 0 aliphatic rings. The Bertz CT molecular complexity index is 1070. The smallest absolute Gasteiger partial charge is 0.231 e. The Morgan fingerprint density at radius 1 is 1.13 bits per heavy atom. The number of aryl methyl sites for hydroxylation is 2. The summed E-state index contributed by atoms with van der Waals surface area (Å²) < 4.78 is 13.6. The van der Waals surface area contributed by atoms with Gasteiger partial charge in [0.25, 0.3) is 0 Å². The molecular weight excluding hydrogens is 424 g/mol. The zero-order valence-corrected chi connectivity index (χ0v) is 18.0. The molecule has 1 amide bonds. The van der Waals surface area contributed by atoms with Crippen molar-refractivity contribution in [1.29, 1.82) is 0 Å². The average molecular weight is 446 g/mol. The molecule has 0 bridgehead atoms. The molecule has 4 N–H and O–H groups in total. The van der Waals surface area contributed by atoms with Crippen LogP contribution < -0.4 is 11.5 Å². The normalized spacial score (nSPS) is 12.0. The summed E-state index contributed by atoms with van der Waals surface area (Å²) in [6, 6.07) is 13.3. The first kappa shape index (κ1) is 22.2. The van der Waals surface area contributed by atoms with Gasteiger partial charge in [0.05, 0.1) is 11.4 Å². The molecule has 3 aromatic rings. The average Bonchev–Trinajstić information content (AvgIpc) is 2.68. The summed E-state index contributed by atoms with van der Waals surface area (Å²) in [4.78, 5) is 17.2. The maximum Gasteiger partial charge on any atom is 0.231 e. The Hall–Kier alpha value is -2.47. The van der Waals surface area contributed by atoms with Crippen LogP contribution in [0.25, 0.3) is 11.3 Å². The van der Waals surface area contributed by atoms with E-state index in [0.29, 0.717) is 40.0 Å². The van der Waals surface area contributed by atoms with E-state index in [9.17, 15) is 9.18 Å². The summed E-state index contributed by atoms with van der Waals surface area (Å²) in [5, 5.41) is 0.667. The lowest BCUT2D eigenvalue weighted by molar-refractivity contribution is -0.118. The minimum Gasteiger partial charge on any atom is -0.369 e. The van der Waals surface area contributed by atoms with Gasteiger partial charge in [-0.3, -0.25) is 9.78 Å². The first-order valence-electron chi connectivity index (χ1n) is 9.52. The summed E-state index contributed by atoms with van der Waals surface area (Å²) in [6.45, 7) is 2.33. The minimum absolute atomic E-state index is 0.325. The molecule has 1 heterocycles. The number of nitrogens with zero attached hydrogens (tertiary/aromatic N) is 1. The summed E-state index contributed by atoms with van der Waals surface area (Å²) in [5.74, 6) is -1.87. The SMILES string of the molecule is Cc1cc(F)ccc1-c1cc(CCCN)cc(C(C(N)=O)c2c(Cl)cccc2Cl)n1. The van der Waals surface area contributed by atoms with Crippen molar-refractivity contribution < 1.29 is 9.18 Å². The van der Waals surface area contributed by atoms with Crippen molar-refractivity contribution in [3.63, 3.8) is 0 Å². The molecule has 0 saturated heterocycles. The topological polar surface area (TPSA) is 82.0 Å². The van der Waals surface area contributed by atoms with Gasteiger partial charge in [0.2, 0.25) is 5.91 Å². The zero-order chi connectivity index (χ0) is 21.8. The van der Waals surface area contributed by atoms with Crippen molar-refractivity contribution in [3.8, 4) is 11.3 Å². The molecule has 4 nitrogen and oxygen atoms in total. The highest BCUT2D eigenvalue weighted by molar-refractivity contribution is 6.36. The summed E-state index contributed by atoms with van der Waals surface area (Å²) >= 11 is 12.7. The van der Waals surface area contributed by atoms with Crippen LogP contribution in [0.3, 0.4) is 0 Å². The number of primary amides is 1. The highest BCUT2D eigenvalue weighted by Crippen LogP contribution is 2.36. The van der Waals surface area contributed by atoms with Crippen LogP contribution in [-0.4, -0.2) is 17.4 Å². The molecule has 1 unspecified atom stereocenters. The number of benzene rings is 2. The number of aromatic nitrogens is 1. The monoisotopic (exact) mass is 445 g/mol. The largest absolute Gasteiger partial charge is 0.369 e. The van der Waals surface area contributed by atoms with E-state index in [-0.39, 0.29) is 5.82 Å². The van der Waals surface area contributed by atoms with E-state index >= 15 is 0 Å². The fourth-order valence-electron chi connectivity index (χ4n) is 3.48. The quantitative estimate of drug-likeness (QED) is 0.535. The molecule has 0 radical (unpaired) electrons. The fraction of sp³-hybridized carbons (Fsp3) is 0.217. The van der Waals surface area contributed by atoms with E-state index in [2.05, 4.69) is 0 Å². The van der Waals surface area contributed by atoms with Crippen LogP contribution >= 0.6 is 23.2 Å². The van der Waals surface area contributed by atoms with Crippen LogP contribution in [0.1, 0.15) is 34.7 Å². The van der Waals surface area contributed by atoms with Gasteiger partial charge in [-0.25, -0.2) is 4.39 Å². The first-order chi connectivity index (χ1) is 14.3. The third-order valence-corrected chi connectivity index (χ3v) is 5.57. The number of rotatable bonds is 7. The first-order valence-corrected chi connectivity index (χ1v) is 10.3. The van der Waals surface area contributed by atoms with Gasteiger partial charge in [-0.1, -0.05) is 29.3 Å². The van der Waals surface area contributed by atoms with E-state index in [0.717, 1.165) is 23.1 Å². The molecule has 30 heavy (non-hydrogen) atoms. The lowest BCUT2D eigenvalue weighted by Gasteiger charge is -2.19. The van der Waals surface area contributed by atoms with Crippen molar-refractivity contribution in [1.82, 2.24) is 4.98 Å². The molecule has 3 rings (SSSR count). The van der Waals surface area contributed by atoms with Crippen LogP contribution in [-0.2, 0) is 11.2 Å². The van der Waals surface area contributed by atoms with Crippen molar-refractivity contribution in [2.24, 2.45) is 11.5 Å². The molecule has 1 aromatic heterocycles. The van der Waals surface area contributed by atoms with E-state index < -0.39 is 11.8 Å². The van der Waals surface area contributed by atoms with Gasteiger partial charge in [-0.05, 0) is 79.9 Å². The number of hydrogen-bond donors (Lipinski definition) is 2. The Balaban J connectivity index is 2.22. The second-order valence-electron chi connectivity index (χ2n) is 7.11. The van der Waals surface area contributed by atoms with E-state index in [1.807, 2.05) is 19.1 Å². The van der Waals surface area contributed by atoms with E-state index in [1.165, 1.54) is 12.1 Å². The third kappa shape index (κ3) is 4.81. The Morgan fingerprint density at radius 2 is 1.83 bits per heavy atom. The molecule has 7 heteroatoms. The van der Waals surface area contributed by atoms with Crippen LogP contribution in [0.2, 0.25) is 10.0 Å². The highest BCUT2D eigenvalue weighted by atomic mass is 35.5. The van der Waals surface area contributed by atoms with Crippen LogP contribution in [0.4, 0.5) is 4.39 Å². The molecule has 0 aliphatic heterocycles. The number of halogens is 3. The van der Waals surface area contributed by atoms with Crippen molar-refractivity contribution in [3.05, 3.63) is 86.8 Å². The Labute approximate surface area is 185 Å². The second-order valence-corrected chi connectivity index (χ2v) is 7.92. The van der Waals surface area contributed by atoms with E-state index in [1.54, 1.807) is 24.3 Å². The lowest BCUT2D eigenvalue weighted by atomic mass is 9.91. The minimum atomic E-state index is -0.927. The maximum absolute atomic E-state index is 13.6. The van der Waals surface area contributed by atoms with Gasteiger partial charge in [-0.2, -0.15) is 0 Å². The van der Waals surface area contributed by atoms with Crippen LogP contribution in [0.5, 0.6) is 0 Å². The summed E-state index contributed by atoms with van der Waals surface area (Å²) in [7, 11) is 0. The molecule has 0 spiro atoms. The van der Waals surface area contributed by atoms with Gasteiger partial charge >= 0.3 is 0 Å². The lowest BCUT2D eigenvalue weighted by Crippen LogP contribution is -2.24. The van der Waals surface area contributed by atoms with Gasteiger partial charge < -0.3 is 11.5 Å². The number of nitrogens with two attached hydrogens (primary N) is 2. The molecule has 1 atom stereocenters. The maximum atomic E-state index is 13.6. The number of carbonyl (C=O) groups excluding carboxylic acids is 1. The van der Waals surface area contributed by atoms with Gasteiger partial charge in [0.1, 0.15) is 11.7 Å². The molecule has 156 valence electrons. The highest BCUT2D eigenvalue weighted by Gasteiger charge is 2.27. The number of carbonyl (C=O) groups is 1. The van der Waals surface area contributed by atoms with Gasteiger partial charge in [-0.15, -0.1) is 0 Å². The number of hydrogen-bond acceptors (Lipinski definition) is 3. The van der Waals surface area contributed by atoms with E-state index in [4.69, 9.17) is 39.7 Å². The molecule has 2 aromatic carbocycles. The zero-order valence-electron chi connectivity index (χ0n) is 16.5. The third-order valence-electron chi connectivity index (χ3n) is 4.91. The summed E-state index contributed by atoms with van der Waals surface area (Å²) in [6.07, 6.45) is 1.46. The standard InChI is InChI=1S/C23H22Cl2FN3O/c1-13-10-15(26)7-8-16(13)19-11-14(4-3-9-27)12-20(29-19)22(23(28)30)21-17(24)5-2-6-18(21)25/h2,5-8,10-12,22H,3-4,9,27H2,1H3,(H2,28,30). The van der Waals surface area contributed by atoms with Crippen LogP contribution in [0.15, 0.2) is 48.5 Å². The summed E-state index contributed by atoms with van der Waals surface area (Å²) in [5.41, 5.74) is 15.3. The van der Waals surface area contributed by atoms with Crippen molar-refractivity contribution in [2.75, 3.05) is 6.54 Å². The van der Waals surface area contributed by atoms with Gasteiger partial charge in [0.15, 0.2) is 0 Å². The van der Waals surface area contributed by atoms with Crippen LogP contribution in [0, 0.1) is 12.7 Å². The fourth-order valence-corrected chi connectivity index (χ4v) is 4.10. The second kappa shape index (κ2) is 9.56. The molecule has 0 saturated carbocycles. The predicted molar refractivity (Wildman–Crippen MR) is 119 cm³/mol. The molecular formula is C23H22Cl2FN3O. The number of amides is 1. The Kier molecular flexibility index (Phi) is 7.08. The van der Waals surface area contributed by atoms with Gasteiger partial charge in [0, 0.05) is 21.2 Å². The number of pyridine rings is 1. The molecule has 0 fully saturated rings. The van der Waals surface area contributed by atoms with Crippen molar-refractivity contribution in [2.45, 2.75) is 25.7 Å². The molecule has 0 aliphatic carbocycles.